The number of aromatic hydroxyl groups is 1. The Bertz CT molecular complexity index is 3410. The van der Waals surface area contributed by atoms with E-state index in [0.29, 0.717) is 17.0 Å². The van der Waals surface area contributed by atoms with Crippen molar-refractivity contribution >= 4 is 110 Å². The van der Waals surface area contributed by atoms with Crippen LogP contribution in [0, 0.1) is 5.92 Å². The number of halogens is 1. The zero-order valence-electron chi connectivity index (χ0n) is 54.5. The summed E-state index contributed by atoms with van der Waals surface area (Å²) in [6.07, 6.45) is 1.60. The van der Waals surface area contributed by atoms with Crippen molar-refractivity contribution in [3.8, 4) is 5.75 Å². The monoisotopic (exact) mass is 1420 g/mol. The summed E-state index contributed by atoms with van der Waals surface area (Å²) in [5, 5.41) is 60.3. The molecule has 0 spiro atoms. The lowest BCUT2D eigenvalue weighted by atomic mass is 10.0. The number of benzene rings is 2. The second-order valence-corrected chi connectivity index (χ2v) is 26.8. The maximum atomic E-state index is 15.4. The quantitative estimate of drug-likeness (QED) is 0.0250. The molecule has 16 N–H and O–H groups in total. The molecule has 6 rings (SSSR count). The Balaban J connectivity index is 1.40. The lowest BCUT2D eigenvalue weighted by Crippen LogP contribution is -2.61. The van der Waals surface area contributed by atoms with Crippen LogP contribution in [0.5, 0.6) is 5.75 Å². The fourth-order valence-corrected chi connectivity index (χ4v) is 13.1. The number of imidazole rings is 2. The SMILES string of the molecule is CNC(=O)[C@H](Cc1cnc[nH]1)NC(=O)[C@@H]1CSSC[C@H](NC(=O)[C@H](Cc2cnc[nH]2)NC(=O)[C@H](Cc2ccccc2)NC(=O)CN(CCNC(C)=O)CCNC(C)=O)C(=O)N2CC(O)C[C@H]2C(=O)N[C@@H](Cc2ccc(O)c(Cl)c2)C(=O)N[C@@H](CC(=O)O)C(=O)N[C@@H](CC(C)C)C(=O)N1. The van der Waals surface area contributed by atoms with Crippen LogP contribution in [0.1, 0.15) is 69.5 Å². The number of hydrogen-bond donors (Lipinski definition) is 16. The molecule has 2 aliphatic heterocycles. The van der Waals surface area contributed by atoms with E-state index >= 15 is 9.59 Å². The number of fused-ring (bicyclic) bond motifs is 1. The van der Waals surface area contributed by atoms with Gasteiger partial charge < -0.3 is 88.7 Å². The topological polar surface area (TPSA) is 479 Å². The first-order valence-corrected chi connectivity index (χ1v) is 34.3. The number of carboxylic acids is 1. The van der Waals surface area contributed by atoms with Gasteiger partial charge in [0.15, 0.2) is 0 Å². The number of phenolic OH excluding ortho intramolecular Hbond substituents is 1. The summed E-state index contributed by atoms with van der Waals surface area (Å²) in [7, 11) is 3.14. The highest BCUT2D eigenvalue weighted by Gasteiger charge is 2.44. The Morgan fingerprint density at radius 1 is 0.704 bits per heavy atom. The maximum absolute atomic E-state index is 15.4. The van der Waals surface area contributed by atoms with Gasteiger partial charge in [-0.3, -0.25) is 67.2 Å². The van der Waals surface area contributed by atoms with Crippen LogP contribution < -0.4 is 58.5 Å². The normalized spacial score (nSPS) is 20.6. The molecule has 12 amide bonds. The molecule has 2 fully saturated rings. The van der Waals surface area contributed by atoms with Crippen molar-refractivity contribution in [1.82, 2.24) is 88.2 Å². The van der Waals surface area contributed by atoms with Crippen LogP contribution in [0.3, 0.4) is 0 Å². The average Bonchev–Trinajstić information content (AvgIpc) is 1.61. The number of rotatable bonds is 28. The van der Waals surface area contributed by atoms with E-state index in [0.717, 1.165) is 26.5 Å². The number of amides is 12. The number of H-pyrrole nitrogens is 2. The van der Waals surface area contributed by atoms with Gasteiger partial charge in [0.25, 0.3) is 0 Å². The number of aliphatic hydroxyl groups excluding tert-OH is 1. The second-order valence-electron chi connectivity index (χ2n) is 23.8. The molecule has 2 aromatic heterocycles. The van der Waals surface area contributed by atoms with Crippen molar-refractivity contribution in [3.63, 3.8) is 0 Å². The smallest absolute Gasteiger partial charge is 0.305 e. The van der Waals surface area contributed by atoms with Gasteiger partial charge in [-0.25, -0.2) is 9.97 Å². The first-order chi connectivity index (χ1) is 46.7. The number of nitrogens with zero attached hydrogens (tertiary/aromatic N) is 4. The number of hydrogen-bond acceptors (Lipinski definition) is 20. The van der Waals surface area contributed by atoms with Gasteiger partial charge in [0.2, 0.25) is 70.9 Å². The Morgan fingerprint density at radius 2 is 1.29 bits per heavy atom. The number of aromatic nitrogens is 4. The standard InChI is InChI=1S/C62H84ClN17O16S2/c1-33(2)17-42-55(89)77-48(60(94)73-45(54(88)64-5)21-38-25-65-31-69-38)29-97-98-30-49(62(96)80-27-40(83)23-50(80)61(95)76-44(20-37-11-12-51(84)41(63)18-37)57(91)75-47(24-53(86)87)59(93)72-42)78-58(92)46(22-39-26-66-32-70-39)74-56(90)43(19-36-9-7-6-8-10-36)71-52(85)28-79(15-13-67-34(3)81)16-14-68-35(4)82/h6-12,18,25-26,31-33,40,42-50,83-84H,13-17,19-24,27-30H2,1-5H3,(H,64,88)(H,65,69)(H,66,70)(H,67,81)(H,68,82)(H,71,85)(H,72,93)(H,73,94)(H,74,90)(H,75,91)(H,76,95)(H,77,89)(H,78,92)(H,86,87)/t40?,42-,43-,44-,45-,46-,47-,48-,49-,50-/m0/s1. The highest BCUT2D eigenvalue weighted by Crippen LogP contribution is 2.28. The van der Waals surface area contributed by atoms with Crippen LogP contribution in [-0.4, -0.2) is 240 Å². The number of phenols is 1. The highest BCUT2D eigenvalue weighted by molar-refractivity contribution is 8.76. The average molecular weight is 1420 g/mol. The molecule has 36 heteroatoms. The summed E-state index contributed by atoms with van der Waals surface area (Å²) in [5.74, 6) is -12.9. The van der Waals surface area contributed by atoms with E-state index < -0.39 is 157 Å². The predicted octanol–water partition coefficient (Wildman–Crippen LogP) is -3.16. The largest absolute Gasteiger partial charge is 0.506 e. The molecule has 4 aromatic rings. The van der Waals surface area contributed by atoms with Crippen LogP contribution in [0.4, 0.5) is 0 Å². The number of carboxylic acid groups (broad SMARTS) is 1. The van der Waals surface area contributed by atoms with Crippen LogP contribution in [0.15, 0.2) is 73.6 Å². The molecular formula is C62H84ClN17O16S2. The lowest BCUT2D eigenvalue weighted by molar-refractivity contribution is -0.142. The third kappa shape index (κ3) is 25.3. The summed E-state index contributed by atoms with van der Waals surface area (Å²) in [4.78, 5) is 198. The third-order valence-corrected chi connectivity index (χ3v) is 18.2. The molecule has 4 heterocycles. The second kappa shape index (κ2) is 38.6. The summed E-state index contributed by atoms with van der Waals surface area (Å²) in [6, 6.07) is -1.71. The van der Waals surface area contributed by atoms with Gasteiger partial charge >= 0.3 is 5.97 Å². The molecule has 0 saturated carbocycles. The first-order valence-electron chi connectivity index (χ1n) is 31.4. The van der Waals surface area contributed by atoms with Gasteiger partial charge in [0.05, 0.1) is 36.7 Å². The number of carbonyl (C=O) groups excluding carboxylic acids is 12. The number of nitrogens with one attached hydrogen (secondary N) is 13. The number of aromatic amines is 2. The van der Waals surface area contributed by atoms with Crippen molar-refractivity contribution in [2.45, 2.75) is 133 Å². The number of aliphatic hydroxyl groups is 1. The Kier molecular flexibility index (Phi) is 30.6. The Morgan fingerprint density at radius 3 is 1.87 bits per heavy atom. The summed E-state index contributed by atoms with van der Waals surface area (Å²) < 4.78 is 0. The minimum absolute atomic E-state index is 0.0956. The molecule has 2 saturated heterocycles. The minimum atomic E-state index is -1.93. The van der Waals surface area contributed by atoms with Crippen LogP contribution in [0.2, 0.25) is 5.02 Å². The van der Waals surface area contributed by atoms with Crippen LogP contribution in [0.25, 0.3) is 0 Å². The lowest BCUT2D eigenvalue weighted by Gasteiger charge is -2.31. The zero-order valence-corrected chi connectivity index (χ0v) is 56.9. The molecule has 532 valence electrons. The minimum Gasteiger partial charge on any atom is -0.506 e. The van der Waals surface area contributed by atoms with E-state index in [1.165, 1.54) is 64.1 Å². The molecular weight excluding hydrogens is 1340 g/mol. The van der Waals surface area contributed by atoms with Crippen molar-refractivity contribution in [3.05, 3.63) is 101 Å². The van der Waals surface area contributed by atoms with Crippen molar-refractivity contribution < 1.29 is 77.6 Å². The zero-order chi connectivity index (χ0) is 71.6. The van der Waals surface area contributed by atoms with E-state index in [1.54, 1.807) is 49.1 Å². The van der Waals surface area contributed by atoms with Crippen molar-refractivity contribution in [1.29, 1.82) is 0 Å². The number of carbonyl (C=O) groups is 13. The third-order valence-electron chi connectivity index (χ3n) is 15.5. The summed E-state index contributed by atoms with van der Waals surface area (Å²) >= 11 is 6.26. The summed E-state index contributed by atoms with van der Waals surface area (Å²) in [6.45, 7) is 5.91. The predicted molar refractivity (Wildman–Crippen MR) is 358 cm³/mol. The van der Waals surface area contributed by atoms with Gasteiger partial charge in [-0.2, -0.15) is 0 Å². The molecule has 10 atom stereocenters. The van der Waals surface area contributed by atoms with Crippen molar-refractivity contribution in [2.75, 3.05) is 57.8 Å². The van der Waals surface area contributed by atoms with E-state index in [9.17, 15) is 68.1 Å². The van der Waals surface area contributed by atoms with Crippen LogP contribution in [-0.2, 0) is 88.0 Å². The van der Waals surface area contributed by atoms with Gasteiger partial charge in [0, 0.05) is 121 Å². The number of aliphatic carboxylic acids is 1. The van der Waals surface area contributed by atoms with Gasteiger partial charge in [-0.05, 0) is 35.6 Å². The first kappa shape index (κ1) is 77.7. The van der Waals surface area contributed by atoms with E-state index in [2.05, 4.69) is 78.4 Å². The summed E-state index contributed by atoms with van der Waals surface area (Å²) in [5.41, 5.74) is 1.60. The van der Waals surface area contributed by atoms with Gasteiger partial charge in [-0.15, -0.1) is 0 Å². The fraction of sp³-hybridized carbons (Fsp3) is 0.500. The van der Waals surface area contributed by atoms with E-state index in [4.69, 9.17) is 11.6 Å². The molecule has 33 nitrogen and oxygen atoms in total. The van der Waals surface area contributed by atoms with Gasteiger partial charge in [0.1, 0.15) is 60.1 Å². The molecule has 0 aliphatic carbocycles. The van der Waals surface area contributed by atoms with Crippen molar-refractivity contribution in [2.24, 2.45) is 5.92 Å². The molecule has 0 radical (unpaired) electrons. The van der Waals surface area contributed by atoms with E-state index in [1.807, 2.05) is 0 Å². The molecule has 98 heavy (non-hydrogen) atoms. The van der Waals surface area contributed by atoms with Crippen LogP contribution >= 0.6 is 33.2 Å². The molecule has 2 aliphatic rings. The fourth-order valence-electron chi connectivity index (χ4n) is 10.6. The van der Waals surface area contributed by atoms with Gasteiger partial charge in [-0.1, -0.05) is 83.4 Å². The highest BCUT2D eigenvalue weighted by atomic mass is 35.5. The molecule has 1 unspecified atom stereocenters. The molecule has 0 bridgehead atoms. The number of likely N-dealkylation sites (N-methyl/N-ethyl adjacent to an activating group) is 1. The Hall–Kier alpha value is -9.32. The Labute approximate surface area is 577 Å². The van der Waals surface area contributed by atoms with E-state index in [-0.39, 0.29) is 98.2 Å². The molecule has 2 aromatic carbocycles. The maximum Gasteiger partial charge on any atom is 0.305 e.